The molecule has 7 heteroatoms. The summed E-state index contributed by atoms with van der Waals surface area (Å²) in [5.74, 6) is 1.05. The molecule has 186 valence electrons. The van der Waals surface area contributed by atoms with Gasteiger partial charge in [-0.15, -0.1) is 11.3 Å². The van der Waals surface area contributed by atoms with Crippen molar-refractivity contribution in [1.82, 2.24) is 10.2 Å². The summed E-state index contributed by atoms with van der Waals surface area (Å²) in [6.07, 6.45) is 6.29. The minimum absolute atomic E-state index is 0.257. The van der Waals surface area contributed by atoms with Crippen LogP contribution >= 0.6 is 11.3 Å². The molecule has 4 rings (SSSR count). The molecule has 0 saturated carbocycles. The highest BCUT2D eigenvalue weighted by Crippen LogP contribution is 2.34. The number of benzene rings is 1. The molecule has 0 saturated heterocycles. The number of thiophene rings is 1. The molecular formula is C28H36N4O2S. The van der Waals surface area contributed by atoms with Crippen LogP contribution in [0.1, 0.15) is 68.8 Å². The van der Waals surface area contributed by atoms with E-state index in [0.29, 0.717) is 35.0 Å². The zero-order chi connectivity index (χ0) is 25.4. The number of aryl methyl sites for hydroxylation is 1. The highest BCUT2D eigenvalue weighted by atomic mass is 32.1. The predicted molar refractivity (Wildman–Crippen MR) is 144 cm³/mol. The SMILES string of the molecule is C[C@H](CCc1ccc2c(c1)CC(=NC(=O)c1ccc(-c3cn[nH]c3)s1)N2CC(C)(C)O)C(C)(C)C. The number of anilines is 1. The first-order valence-corrected chi connectivity index (χ1v) is 13.0. The summed E-state index contributed by atoms with van der Waals surface area (Å²) in [6.45, 7) is 13.1. The number of fused-ring (bicyclic) bond motifs is 1. The summed E-state index contributed by atoms with van der Waals surface area (Å²) in [5.41, 5.74) is 3.80. The van der Waals surface area contributed by atoms with Gasteiger partial charge in [0.15, 0.2) is 0 Å². The smallest absolute Gasteiger partial charge is 0.288 e. The fourth-order valence-corrected chi connectivity index (χ4v) is 5.12. The molecule has 3 aromatic rings. The third kappa shape index (κ3) is 6.08. The van der Waals surface area contributed by atoms with Crippen LogP contribution in [0.5, 0.6) is 0 Å². The Morgan fingerprint density at radius 3 is 2.66 bits per heavy atom. The van der Waals surface area contributed by atoms with Crippen molar-refractivity contribution in [3.05, 3.63) is 58.7 Å². The van der Waals surface area contributed by atoms with E-state index in [1.165, 1.54) is 16.9 Å². The van der Waals surface area contributed by atoms with Gasteiger partial charge in [-0.25, -0.2) is 0 Å². The van der Waals surface area contributed by atoms with E-state index < -0.39 is 5.60 Å². The maximum atomic E-state index is 13.1. The maximum absolute atomic E-state index is 13.1. The van der Waals surface area contributed by atoms with Crippen molar-refractivity contribution in [3.63, 3.8) is 0 Å². The number of carbonyl (C=O) groups is 1. The zero-order valence-electron chi connectivity index (χ0n) is 21.6. The van der Waals surface area contributed by atoms with E-state index in [2.05, 4.69) is 61.1 Å². The molecule has 1 atom stereocenters. The molecule has 3 heterocycles. The fraction of sp³-hybridized carbons (Fsp3) is 0.464. The largest absolute Gasteiger partial charge is 0.389 e. The Labute approximate surface area is 212 Å². The molecule has 2 aromatic heterocycles. The molecule has 35 heavy (non-hydrogen) atoms. The standard InChI is InChI=1S/C28H36N4O2S/c1-18(27(2,3)4)7-8-19-9-10-22-20(13-19)14-25(32(22)17-28(5,6)34)31-26(33)24-12-11-23(35-24)21-15-29-30-16-21/h9-13,15-16,18,34H,7-8,14,17H2,1-6H3,(H,29,30)/t18-/m1/s1. The molecule has 2 N–H and O–H groups in total. The first-order valence-electron chi connectivity index (χ1n) is 12.2. The van der Waals surface area contributed by atoms with Crippen molar-refractivity contribution in [2.75, 3.05) is 11.4 Å². The van der Waals surface area contributed by atoms with E-state index in [4.69, 9.17) is 0 Å². The summed E-state index contributed by atoms with van der Waals surface area (Å²) < 4.78 is 0. The van der Waals surface area contributed by atoms with Gasteiger partial charge in [0.25, 0.3) is 5.91 Å². The second-order valence-electron chi connectivity index (χ2n) is 11.3. The highest BCUT2D eigenvalue weighted by molar-refractivity contribution is 7.17. The maximum Gasteiger partial charge on any atom is 0.288 e. The van der Waals surface area contributed by atoms with E-state index in [1.807, 2.05) is 23.2 Å². The lowest BCUT2D eigenvalue weighted by atomic mass is 9.79. The van der Waals surface area contributed by atoms with Crippen molar-refractivity contribution in [3.8, 4) is 10.4 Å². The van der Waals surface area contributed by atoms with Gasteiger partial charge >= 0.3 is 0 Å². The number of hydrogen-bond acceptors (Lipinski definition) is 4. The summed E-state index contributed by atoms with van der Waals surface area (Å²) in [7, 11) is 0. The monoisotopic (exact) mass is 492 g/mol. The topological polar surface area (TPSA) is 81.6 Å². The molecule has 1 aromatic carbocycles. The number of hydrogen-bond donors (Lipinski definition) is 2. The van der Waals surface area contributed by atoms with Gasteiger partial charge in [0.1, 0.15) is 5.84 Å². The van der Waals surface area contributed by atoms with Crippen molar-refractivity contribution >= 4 is 28.8 Å². The molecule has 0 bridgehead atoms. The number of aliphatic imine (C=N–C) groups is 1. The Kier molecular flexibility index (Phi) is 7.02. The molecule has 0 unspecified atom stereocenters. The number of aromatic nitrogens is 2. The summed E-state index contributed by atoms with van der Waals surface area (Å²) in [5, 5.41) is 17.4. The van der Waals surface area contributed by atoms with Gasteiger partial charge in [-0.1, -0.05) is 39.8 Å². The average Bonchev–Trinajstić information content (AvgIpc) is 3.51. The summed E-state index contributed by atoms with van der Waals surface area (Å²) in [6, 6.07) is 10.3. The van der Waals surface area contributed by atoms with Crippen LogP contribution in [0.2, 0.25) is 0 Å². The van der Waals surface area contributed by atoms with Crippen LogP contribution in [-0.2, 0) is 12.8 Å². The summed E-state index contributed by atoms with van der Waals surface area (Å²) in [4.78, 5) is 21.2. The van der Waals surface area contributed by atoms with Crippen molar-refractivity contribution < 1.29 is 9.90 Å². The van der Waals surface area contributed by atoms with E-state index in [9.17, 15) is 9.90 Å². The number of carbonyl (C=O) groups excluding carboxylic acids is 1. The van der Waals surface area contributed by atoms with Crippen molar-refractivity contribution in [2.45, 2.75) is 66.4 Å². The highest BCUT2D eigenvalue weighted by Gasteiger charge is 2.31. The molecule has 1 amide bonds. The molecule has 0 fully saturated rings. The lowest BCUT2D eigenvalue weighted by molar-refractivity contribution is 0.0901. The fourth-order valence-electron chi connectivity index (χ4n) is 4.25. The second-order valence-corrected chi connectivity index (χ2v) is 12.4. The third-order valence-corrected chi connectivity index (χ3v) is 7.94. The van der Waals surface area contributed by atoms with Crippen LogP contribution in [-0.4, -0.2) is 39.2 Å². The first kappa shape index (κ1) is 25.3. The first-order chi connectivity index (χ1) is 16.4. The van der Waals surface area contributed by atoms with E-state index in [0.717, 1.165) is 34.5 Å². The lowest BCUT2D eigenvalue weighted by Gasteiger charge is -2.28. The van der Waals surface area contributed by atoms with Crippen LogP contribution in [0.15, 0.2) is 47.7 Å². The summed E-state index contributed by atoms with van der Waals surface area (Å²) >= 11 is 1.41. The van der Waals surface area contributed by atoms with Gasteiger partial charge in [-0.05, 0) is 67.3 Å². The van der Waals surface area contributed by atoms with Gasteiger partial charge in [0.05, 0.1) is 23.2 Å². The van der Waals surface area contributed by atoms with Crippen molar-refractivity contribution in [2.24, 2.45) is 16.3 Å². The number of aromatic amines is 1. The second kappa shape index (κ2) is 9.70. The van der Waals surface area contributed by atoms with Crippen molar-refractivity contribution in [1.29, 1.82) is 0 Å². The number of amides is 1. The molecule has 6 nitrogen and oxygen atoms in total. The number of aliphatic hydroxyl groups is 1. The van der Waals surface area contributed by atoms with Crippen LogP contribution in [0.4, 0.5) is 5.69 Å². The van der Waals surface area contributed by atoms with E-state index in [1.54, 1.807) is 20.0 Å². The zero-order valence-corrected chi connectivity index (χ0v) is 22.4. The molecule has 0 aliphatic carbocycles. The third-order valence-electron chi connectivity index (χ3n) is 6.81. The average molecular weight is 493 g/mol. The van der Waals surface area contributed by atoms with Crippen LogP contribution < -0.4 is 4.90 Å². The van der Waals surface area contributed by atoms with Gasteiger partial charge < -0.3 is 10.0 Å². The van der Waals surface area contributed by atoms with Crippen LogP contribution in [0, 0.1) is 11.3 Å². The lowest BCUT2D eigenvalue weighted by Crippen LogP contribution is -2.40. The Morgan fingerprint density at radius 1 is 1.23 bits per heavy atom. The minimum Gasteiger partial charge on any atom is -0.389 e. The Bertz CT molecular complexity index is 1210. The number of nitrogens with one attached hydrogen (secondary N) is 1. The number of amidine groups is 1. The molecule has 0 spiro atoms. The van der Waals surface area contributed by atoms with Gasteiger partial charge in [0, 0.05) is 28.7 Å². The number of rotatable bonds is 7. The minimum atomic E-state index is -0.927. The quantitative estimate of drug-likeness (QED) is 0.416. The number of H-pyrrole nitrogens is 1. The predicted octanol–water partition coefficient (Wildman–Crippen LogP) is 6.13. The molecular weight excluding hydrogens is 456 g/mol. The van der Waals surface area contributed by atoms with Crippen LogP contribution in [0.3, 0.4) is 0 Å². The van der Waals surface area contributed by atoms with E-state index >= 15 is 0 Å². The Hall–Kier alpha value is -2.77. The van der Waals surface area contributed by atoms with Crippen LogP contribution in [0.25, 0.3) is 10.4 Å². The van der Waals surface area contributed by atoms with Gasteiger partial charge in [-0.3, -0.25) is 9.89 Å². The molecule has 1 aliphatic heterocycles. The number of β-amino-alcohol motifs (C(OH)–C–C–N with tert-alkyl or cyclic N) is 1. The molecule has 1 aliphatic rings. The van der Waals surface area contributed by atoms with Gasteiger partial charge in [-0.2, -0.15) is 10.1 Å². The normalized spacial score (nSPS) is 16.1. The Balaban J connectivity index is 1.57. The number of nitrogens with zero attached hydrogens (tertiary/aromatic N) is 3. The van der Waals surface area contributed by atoms with Gasteiger partial charge in [0.2, 0.25) is 0 Å². The Morgan fingerprint density at radius 2 is 2.00 bits per heavy atom. The molecule has 0 radical (unpaired) electrons. The van der Waals surface area contributed by atoms with E-state index in [-0.39, 0.29) is 5.91 Å².